The first kappa shape index (κ1) is 21.1. The van der Waals surface area contributed by atoms with Crippen molar-refractivity contribution in [3.8, 4) is 23.2 Å². The maximum absolute atomic E-state index is 6.34. The Hall–Kier alpha value is -3.76. The summed E-state index contributed by atoms with van der Waals surface area (Å²) in [7, 11) is 1.64. The fourth-order valence-corrected chi connectivity index (χ4v) is 4.37. The molecule has 1 aliphatic heterocycles. The Morgan fingerprint density at radius 2 is 1.88 bits per heavy atom. The highest BCUT2D eigenvalue weighted by atomic mass is 32.1. The van der Waals surface area contributed by atoms with Crippen molar-refractivity contribution in [1.82, 2.24) is 19.7 Å². The predicted molar refractivity (Wildman–Crippen MR) is 132 cm³/mol. The van der Waals surface area contributed by atoms with E-state index < -0.39 is 0 Å². The number of aromatic nitrogens is 4. The molecule has 0 radical (unpaired) electrons. The van der Waals surface area contributed by atoms with Gasteiger partial charge in [0, 0.05) is 0 Å². The van der Waals surface area contributed by atoms with Crippen molar-refractivity contribution >= 4 is 35.4 Å². The molecular weight excluding hydrogens is 456 g/mol. The zero-order valence-corrected chi connectivity index (χ0v) is 19.5. The van der Waals surface area contributed by atoms with E-state index in [0.29, 0.717) is 17.6 Å². The summed E-state index contributed by atoms with van der Waals surface area (Å²) < 4.78 is 13.7. The van der Waals surface area contributed by atoms with E-state index in [-0.39, 0.29) is 15.8 Å². The molecule has 0 aliphatic carbocycles. The molecular formula is C23H20N6O2S2. The molecule has 1 atom stereocenters. The molecule has 2 aromatic heterocycles. The van der Waals surface area contributed by atoms with Crippen LogP contribution in [-0.2, 0) is 0 Å². The minimum atomic E-state index is -0.275. The first-order chi connectivity index (χ1) is 16.0. The first-order valence-electron chi connectivity index (χ1n) is 10.1. The Morgan fingerprint density at radius 1 is 1.15 bits per heavy atom. The first-order valence-corrected chi connectivity index (χ1v) is 11.0. The predicted octanol–water partition coefficient (Wildman–Crippen LogP) is 4.58. The summed E-state index contributed by atoms with van der Waals surface area (Å²) >= 11 is 10.5. The third-order valence-corrected chi connectivity index (χ3v) is 5.76. The average Bonchev–Trinajstić information content (AvgIpc) is 3.14. The number of anilines is 1. The molecule has 0 saturated heterocycles. The monoisotopic (exact) mass is 476 g/mol. The minimum absolute atomic E-state index is 0.102. The average molecular weight is 477 g/mol. The Labute approximate surface area is 200 Å². The van der Waals surface area contributed by atoms with Gasteiger partial charge in [0.15, 0.2) is 5.11 Å². The number of nitrogens with two attached hydrogens (primary N) is 1. The summed E-state index contributed by atoms with van der Waals surface area (Å²) in [5, 5.41) is 7.90. The number of aryl methyl sites for hydroxylation is 1. The van der Waals surface area contributed by atoms with E-state index in [2.05, 4.69) is 15.3 Å². The Balaban J connectivity index is 1.79. The second-order valence-electron chi connectivity index (χ2n) is 7.48. The molecule has 0 fully saturated rings. The van der Waals surface area contributed by atoms with Crippen LogP contribution in [0.3, 0.4) is 0 Å². The summed E-state index contributed by atoms with van der Waals surface area (Å²) in [5.74, 6) is 1.97. The number of benzene rings is 2. The second kappa shape index (κ2) is 8.30. The van der Waals surface area contributed by atoms with Gasteiger partial charge in [0.1, 0.15) is 11.6 Å². The van der Waals surface area contributed by atoms with Gasteiger partial charge in [-0.25, -0.2) is 4.68 Å². The molecule has 2 aromatic carbocycles. The number of thiocarbonyl (C=S) groups is 1. The molecule has 166 valence electrons. The molecule has 1 aliphatic rings. The van der Waals surface area contributed by atoms with Crippen LogP contribution in [0.25, 0.3) is 5.69 Å². The second-order valence-corrected chi connectivity index (χ2v) is 8.31. The standard InChI is InChI=1S/C23H20N6O2S2/c1-12-16-17(13-8-10-15(30-2)11-9-13)18-19(25-22(24)32)26-23(33)27-20(18)31-21(16)29(28-12)14-6-4-3-5-7-14/h3-11,17H,1-2H3,(H4,24,25,26,27,32,33). The number of ether oxygens (including phenoxy) is 2. The van der Waals surface area contributed by atoms with Crippen LogP contribution in [0.15, 0.2) is 54.6 Å². The van der Waals surface area contributed by atoms with Crippen LogP contribution in [0.1, 0.15) is 28.3 Å². The van der Waals surface area contributed by atoms with Gasteiger partial charge in [-0.2, -0.15) is 10.1 Å². The van der Waals surface area contributed by atoms with Gasteiger partial charge in [-0.3, -0.25) is 0 Å². The normalized spacial score (nSPS) is 14.1. The van der Waals surface area contributed by atoms with Crippen LogP contribution in [0, 0.1) is 11.7 Å². The lowest BCUT2D eigenvalue weighted by molar-refractivity contribution is 0.402. The number of para-hydroxylation sites is 1. The van der Waals surface area contributed by atoms with Gasteiger partial charge >= 0.3 is 0 Å². The molecule has 10 heteroatoms. The highest BCUT2D eigenvalue weighted by molar-refractivity contribution is 7.80. The molecule has 0 bridgehead atoms. The number of rotatable bonds is 4. The molecule has 1 unspecified atom stereocenters. The molecule has 0 spiro atoms. The number of H-pyrrole nitrogens is 1. The van der Waals surface area contributed by atoms with E-state index in [4.69, 9.17) is 44.7 Å². The van der Waals surface area contributed by atoms with Crippen molar-refractivity contribution in [3.63, 3.8) is 0 Å². The van der Waals surface area contributed by atoms with Crippen molar-refractivity contribution in [2.24, 2.45) is 5.73 Å². The van der Waals surface area contributed by atoms with Gasteiger partial charge in [0.05, 0.1) is 35.5 Å². The molecule has 0 amide bonds. The van der Waals surface area contributed by atoms with Gasteiger partial charge in [-0.1, -0.05) is 30.3 Å². The van der Waals surface area contributed by atoms with Gasteiger partial charge in [-0.05, 0) is 61.2 Å². The molecule has 3 heterocycles. The van der Waals surface area contributed by atoms with E-state index in [1.54, 1.807) is 11.8 Å². The van der Waals surface area contributed by atoms with E-state index in [1.165, 1.54) is 0 Å². The lowest BCUT2D eigenvalue weighted by atomic mass is 9.84. The van der Waals surface area contributed by atoms with Crippen LogP contribution in [0.2, 0.25) is 0 Å². The SMILES string of the molecule is COc1ccc(C2c3c(nc(=S)[nH]c3NC(N)=S)Oc3c2c(C)nn3-c2ccccc2)cc1. The van der Waals surface area contributed by atoms with E-state index in [0.717, 1.165) is 33.8 Å². The molecule has 5 rings (SSSR count). The number of hydrogen-bond donors (Lipinski definition) is 3. The van der Waals surface area contributed by atoms with Gasteiger partial charge in [0.2, 0.25) is 16.5 Å². The zero-order chi connectivity index (χ0) is 23.1. The lowest BCUT2D eigenvalue weighted by Crippen LogP contribution is -2.24. The molecule has 33 heavy (non-hydrogen) atoms. The van der Waals surface area contributed by atoms with Crippen LogP contribution in [0.4, 0.5) is 5.82 Å². The third kappa shape index (κ3) is 3.73. The maximum atomic E-state index is 6.34. The summed E-state index contributed by atoms with van der Waals surface area (Å²) in [5.41, 5.74) is 10.2. The van der Waals surface area contributed by atoms with Crippen molar-refractivity contribution in [3.05, 3.63) is 81.8 Å². The smallest absolute Gasteiger partial charge is 0.231 e. The Kier molecular flexibility index (Phi) is 5.31. The number of methoxy groups -OCH3 is 1. The summed E-state index contributed by atoms with van der Waals surface area (Å²) in [4.78, 5) is 7.55. The Morgan fingerprint density at radius 3 is 2.55 bits per heavy atom. The number of aromatic amines is 1. The zero-order valence-electron chi connectivity index (χ0n) is 17.8. The Bertz CT molecular complexity index is 1410. The van der Waals surface area contributed by atoms with Crippen LogP contribution >= 0.6 is 24.4 Å². The molecule has 4 N–H and O–H groups in total. The molecule has 0 saturated carbocycles. The fraction of sp³-hybridized carbons (Fsp3) is 0.130. The highest BCUT2D eigenvalue weighted by Crippen LogP contribution is 2.50. The third-order valence-electron chi connectivity index (χ3n) is 5.47. The van der Waals surface area contributed by atoms with Gasteiger partial charge < -0.3 is 25.5 Å². The van der Waals surface area contributed by atoms with Crippen molar-refractivity contribution in [2.75, 3.05) is 12.4 Å². The van der Waals surface area contributed by atoms with E-state index >= 15 is 0 Å². The number of hydrogen-bond acceptors (Lipinski definition) is 6. The highest BCUT2D eigenvalue weighted by Gasteiger charge is 2.38. The largest absolute Gasteiger partial charge is 0.497 e. The van der Waals surface area contributed by atoms with Crippen LogP contribution in [0.5, 0.6) is 17.5 Å². The topological polar surface area (TPSA) is 103 Å². The molecule has 4 aromatic rings. The van der Waals surface area contributed by atoms with Crippen molar-refractivity contribution in [2.45, 2.75) is 12.8 Å². The van der Waals surface area contributed by atoms with E-state index in [9.17, 15) is 0 Å². The van der Waals surface area contributed by atoms with E-state index in [1.807, 2.05) is 61.5 Å². The van der Waals surface area contributed by atoms with Gasteiger partial charge in [0.25, 0.3) is 0 Å². The van der Waals surface area contributed by atoms with Crippen LogP contribution in [-0.4, -0.2) is 32.0 Å². The molecule has 8 nitrogen and oxygen atoms in total. The summed E-state index contributed by atoms with van der Waals surface area (Å²) in [6, 6.07) is 17.7. The van der Waals surface area contributed by atoms with Crippen LogP contribution < -0.4 is 20.5 Å². The summed E-state index contributed by atoms with van der Waals surface area (Å²) in [6.45, 7) is 1.96. The summed E-state index contributed by atoms with van der Waals surface area (Å²) in [6.07, 6.45) is 0. The fourth-order valence-electron chi connectivity index (χ4n) is 4.09. The quantitative estimate of drug-likeness (QED) is 0.324. The number of nitrogens with zero attached hydrogens (tertiary/aromatic N) is 3. The minimum Gasteiger partial charge on any atom is -0.497 e. The number of nitrogens with one attached hydrogen (secondary N) is 2. The van der Waals surface area contributed by atoms with Crippen molar-refractivity contribution < 1.29 is 9.47 Å². The van der Waals surface area contributed by atoms with Crippen molar-refractivity contribution in [1.29, 1.82) is 0 Å². The van der Waals surface area contributed by atoms with Gasteiger partial charge in [-0.15, -0.1) is 0 Å². The maximum Gasteiger partial charge on any atom is 0.231 e. The lowest BCUT2D eigenvalue weighted by Gasteiger charge is -2.28. The number of fused-ring (bicyclic) bond motifs is 2.